The number of methoxy groups -OCH3 is 2. The van der Waals surface area contributed by atoms with E-state index >= 15 is 0 Å². The zero-order valence-corrected chi connectivity index (χ0v) is 13.4. The highest BCUT2D eigenvalue weighted by Gasteiger charge is 2.17. The second-order valence-corrected chi connectivity index (χ2v) is 4.63. The van der Waals surface area contributed by atoms with Crippen LogP contribution in [-0.2, 0) is 11.3 Å². The second kappa shape index (κ2) is 8.04. The van der Waals surface area contributed by atoms with Crippen LogP contribution in [0.4, 0.5) is 4.39 Å². The zero-order chi connectivity index (χ0) is 17.5. The van der Waals surface area contributed by atoms with Gasteiger partial charge < -0.3 is 19.5 Å². The van der Waals surface area contributed by atoms with Gasteiger partial charge in [-0.15, -0.1) is 4.98 Å². The summed E-state index contributed by atoms with van der Waals surface area (Å²) in [6.45, 7) is 1.52. The zero-order valence-electron chi connectivity index (χ0n) is 13.4. The average Bonchev–Trinajstić information content (AvgIpc) is 2.61. The van der Waals surface area contributed by atoms with Gasteiger partial charge in [0.2, 0.25) is 0 Å². The number of ether oxygens (including phenoxy) is 3. The molecule has 0 bridgehead atoms. The highest BCUT2D eigenvalue weighted by Crippen LogP contribution is 2.17. The number of aromatic nitrogens is 3. The van der Waals surface area contributed by atoms with Gasteiger partial charge in [-0.2, -0.15) is 9.97 Å². The normalized spacial score (nSPS) is 11.5. The molecule has 0 aliphatic rings. The number of amides is 1. The second-order valence-electron chi connectivity index (χ2n) is 4.63. The monoisotopic (exact) mass is 336 g/mol. The molecule has 9 heteroatoms. The summed E-state index contributed by atoms with van der Waals surface area (Å²) in [5, 5.41) is 2.59. The van der Waals surface area contributed by atoms with Crippen molar-refractivity contribution in [1.29, 1.82) is 0 Å². The van der Waals surface area contributed by atoms with E-state index in [0.29, 0.717) is 0 Å². The molecule has 0 saturated heterocycles. The topological polar surface area (TPSA) is 95.5 Å². The van der Waals surface area contributed by atoms with E-state index in [2.05, 4.69) is 20.3 Å². The van der Waals surface area contributed by atoms with Gasteiger partial charge in [0.15, 0.2) is 23.5 Å². The fourth-order valence-corrected chi connectivity index (χ4v) is 1.73. The van der Waals surface area contributed by atoms with Crippen molar-refractivity contribution in [2.24, 2.45) is 0 Å². The van der Waals surface area contributed by atoms with Crippen LogP contribution in [0.3, 0.4) is 0 Å². The first-order valence-electron chi connectivity index (χ1n) is 7.05. The summed E-state index contributed by atoms with van der Waals surface area (Å²) in [6, 6.07) is 5.99. The van der Waals surface area contributed by atoms with Crippen LogP contribution in [0.25, 0.3) is 0 Å². The number of para-hydroxylation sites is 1. The van der Waals surface area contributed by atoms with Gasteiger partial charge in [0.25, 0.3) is 5.91 Å². The Kier molecular flexibility index (Phi) is 5.83. The summed E-state index contributed by atoms with van der Waals surface area (Å²) in [6.07, 6.45) is -0.896. The third kappa shape index (κ3) is 4.51. The molecule has 2 rings (SSSR count). The molecular formula is C15H17FN4O4. The molecule has 0 aliphatic heterocycles. The van der Waals surface area contributed by atoms with Crippen molar-refractivity contribution < 1.29 is 23.4 Å². The molecule has 0 aliphatic carbocycles. The largest absolute Gasteiger partial charge is 0.478 e. The van der Waals surface area contributed by atoms with Crippen LogP contribution in [0.15, 0.2) is 24.3 Å². The highest BCUT2D eigenvalue weighted by molar-refractivity contribution is 5.80. The molecule has 0 saturated carbocycles. The number of rotatable bonds is 7. The lowest BCUT2D eigenvalue weighted by Crippen LogP contribution is -2.36. The minimum Gasteiger partial charge on any atom is -0.478 e. The molecule has 1 amide bonds. The van der Waals surface area contributed by atoms with Crippen LogP contribution in [0, 0.1) is 5.82 Å². The Labute approximate surface area is 138 Å². The molecule has 1 aromatic carbocycles. The van der Waals surface area contributed by atoms with Crippen molar-refractivity contribution >= 4 is 5.91 Å². The minimum atomic E-state index is -0.896. The quantitative estimate of drug-likeness (QED) is 0.809. The van der Waals surface area contributed by atoms with Crippen LogP contribution in [-0.4, -0.2) is 41.2 Å². The van der Waals surface area contributed by atoms with E-state index in [1.165, 1.54) is 39.3 Å². The van der Waals surface area contributed by atoms with Gasteiger partial charge in [0, 0.05) is 0 Å². The third-order valence-electron chi connectivity index (χ3n) is 2.94. The van der Waals surface area contributed by atoms with E-state index in [1.807, 2.05) is 0 Å². The summed E-state index contributed by atoms with van der Waals surface area (Å²) in [5.41, 5.74) is 0. The molecule has 1 N–H and O–H groups in total. The predicted octanol–water partition coefficient (Wildman–Crippen LogP) is 1.11. The van der Waals surface area contributed by atoms with Gasteiger partial charge >= 0.3 is 12.0 Å². The number of halogens is 1. The molecule has 0 spiro atoms. The first-order chi connectivity index (χ1) is 11.5. The molecule has 1 aromatic heterocycles. The molecular weight excluding hydrogens is 319 g/mol. The number of benzene rings is 1. The molecule has 0 radical (unpaired) electrons. The summed E-state index contributed by atoms with van der Waals surface area (Å²) in [5.74, 6) is -0.727. The van der Waals surface area contributed by atoms with Crippen LogP contribution < -0.4 is 19.5 Å². The van der Waals surface area contributed by atoms with Gasteiger partial charge in [-0.05, 0) is 19.1 Å². The number of hydrogen-bond acceptors (Lipinski definition) is 7. The smallest absolute Gasteiger partial charge is 0.322 e. The molecule has 1 atom stereocenters. The van der Waals surface area contributed by atoms with Crippen molar-refractivity contribution in [1.82, 2.24) is 20.3 Å². The first kappa shape index (κ1) is 17.4. The summed E-state index contributed by atoms with van der Waals surface area (Å²) < 4.78 is 28.7. The van der Waals surface area contributed by atoms with Crippen molar-refractivity contribution in [2.45, 2.75) is 19.6 Å². The summed E-state index contributed by atoms with van der Waals surface area (Å²) in [4.78, 5) is 23.9. The lowest BCUT2D eigenvalue weighted by Gasteiger charge is -2.15. The van der Waals surface area contributed by atoms with Gasteiger partial charge in [0.1, 0.15) is 0 Å². The van der Waals surface area contributed by atoms with E-state index in [0.717, 1.165) is 0 Å². The lowest BCUT2D eigenvalue weighted by molar-refractivity contribution is -0.127. The van der Waals surface area contributed by atoms with E-state index in [1.54, 1.807) is 6.07 Å². The number of carbonyl (C=O) groups is 1. The average molecular weight is 336 g/mol. The Morgan fingerprint density at radius 1 is 1.17 bits per heavy atom. The number of hydrogen-bond donors (Lipinski definition) is 1. The Bertz CT molecular complexity index is 691. The van der Waals surface area contributed by atoms with Gasteiger partial charge in [-0.3, -0.25) is 4.79 Å². The Balaban J connectivity index is 1.96. The van der Waals surface area contributed by atoms with Crippen molar-refractivity contribution in [3.63, 3.8) is 0 Å². The van der Waals surface area contributed by atoms with Crippen molar-refractivity contribution in [3.8, 4) is 17.8 Å². The van der Waals surface area contributed by atoms with Gasteiger partial charge in [0.05, 0.1) is 20.8 Å². The highest BCUT2D eigenvalue weighted by atomic mass is 19.1. The molecule has 2 aromatic rings. The predicted molar refractivity (Wildman–Crippen MR) is 81.3 cm³/mol. The fraction of sp³-hybridized carbons (Fsp3) is 0.333. The maximum Gasteiger partial charge on any atom is 0.322 e. The number of carbonyl (C=O) groups excluding carboxylic acids is 1. The molecule has 8 nitrogen and oxygen atoms in total. The van der Waals surface area contributed by atoms with E-state index < -0.39 is 17.8 Å². The van der Waals surface area contributed by atoms with Crippen LogP contribution in [0.2, 0.25) is 0 Å². The SMILES string of the molecule is COc1nc(CNC(=O)[C@H](C)Oc2ccccc2F)nc(OC)n1. The van der Waals surface area contributed by atoms with Crippen molar-refractivity contribution in [3.05, 3.63) is 35.9 Å². The summed E-state index contributed by atoms with van der Waals surface area (Å²) >= 11 is 0. The van der Waals surface area contributed by atoms with Crippen LogP contribution in [0.5, 0.6) is 17.8 Å². The van der Waals surface area contributed by atoms with Crippen LogP contribution >= 0.6 is 0 Å². The van der Waals surface area contributed by atoms with Crippen molar-refractivity contribution in [2.75, 3.05) is 14.2 Å². The number of nitrogens with one attached hydrogen (secondary N) is 1. The fourth-order valence-electron chi connectivity index (χ4n) is 1.73. The maximum atomic E-state index is 13.5. The third-order valence-corrected chi connectivity index (χ3v) is 2.94. The van der Waals surface area contributed by atoms with Gasteiger partial charge in [-0.1, -0.05) is 12.1 Å². The van der Waals surface area contributed by atoms with E-state index in [-0.39, 0.29) is 30.1 Å². The van der Waals surface area contributed by atoms with E-state index in [4.69, 9.17) is 14.2 Å². The Hall–Kier alpha value is -2.97. The molecule has 24 heavy (non-hydrogen) atoms. The van der Waals surface area contributed by atoms with Crippen LogP contribution in [0.1, 0.15) is 12.7 Å². The molecule has 128 valence electrons. The van der Waals surface area contributed by atoms with E-state index in [9.17, 15) is 9.18 Å². The summed E-state index contributed by atoms with van der Waals surface area (Å²) in [7, 11) is 2.81. The molecule has 0 fully saturated rings. The Morgan fingerprint density at radius 3 is 2.38 bits per heavy atom. The minimum absolute atomic E-state index is 0.00338. The molecule has 1 heterocycles. The maximum absolute atomic E-state index is 13.5. The standard InChI is InChI=1S/C15H17FN4O4/c1-9(24-11-7-5-4-6-10(11)16)13(21)17-8-12-18-14(22-2)20-15(19-12)23-3/h4-7,9H,8H2,1-3H3,(H,17,21)/t9-/m0/s1. The lowest BCUT2D eigenvalue weighted by atomic mass is 10.3. The first-order valence-corrected chi connectivity index (χ1v) is 7.05. The number of nitrogens with zero attached hydrogens (tertiary/aromatic N) is 3. The molecule has 0 unspecified atom stereocenters. The van der Waals surface area contributed by atoms with Gasteiger partial charge in [-0.25, -0.2) is 4.39 Å². The Morgan fingerprint density at radius 2 is 1.79 bits per heavy atom.